The summed E-state index contributed by atoms with van der Waals surface area (Å²) < 4.78 is 0. The fourth-order valence-electron chi connectivity index (χ4n) is 3.54. The van der Waals surface area contributed by atoms with Crippen LogP contribution in [0, 0.1) is 0 Å². The Morgan fingerprint density at radius 1 is 1.16 bits per heavy atom. The van der Waals surface area contributed by atoms with Crippen LogP contribution in [-0.4, -0.2) is 17.0 Å². The number of likely N-dealkylation sites (tertiary alicyclic amines) is 1. The highest BCUT2D eigenvalue weighted by atomic mass is 35.5. The van der Waals surface area contributed by atoms with Crippen molar-refractivity contribution in [1.82, 2.24) is 4.90 Å². The third-order valence-corrected chi connectivity index (χ3v) is 4.88. The molecule has 0 spiro atoms. The van der Waals surface area contributed by atoms with Crippen molar-refractivity contribution in [3.05, 3.63) is 34.3 Å². The molecule has 1 aliphatic heterocycles. The normalized spacial score (nSPS) is 24.9. The Balaban J connectivity index is 1.99. The van der Waals surface area contributed by atoms with Crippen molar-refractivity contribution in [1.29, 1.82) is 0 Å². The van der Waals surface area contributed by atoms with Gasteiger partial charge in [0.15, 0.2) is 0 Å². The summed E-state index contributed by atoms with van der Waals surface area (Å²) >= 11 is 6.49. The summed E-state index contributed by atoms with van der Waals surface area (Å²) in [5.41, 5.74) is 3.19. The van der Waals surface area contributed by atoms with Crippen LogP contribution in [-0.2, 0) is 0 Å². The van der Waals surface area contributed by atoms with Gasteiger partial charge in [0.1, 0.15) is 0 Å². The molecule has 1 aliphatic carbocycles. The largest absolute Gasteiger partial charge is 0.291 e. The van der Waals surface area contributed by atoms with E-state index in [2.05, 4.69) is 43.9 Å². The fourth-order valence-corrected chi connectivity index (χ4v) is 3.88. The van der Waals surface area contributed by atoms with Gasteiger partial charge >= 0.3 is 0 Å². The molecular weight excluding hydrogens is 254 g/mol. The minimum Gasteiger partial charge on any atom is -0.291 e. The van der Waals surface area contributed by atoms with Crippen LogP contribution >= 0.6 is 11.6 Å². The lowest BCUT2D eigenvalue weighted by molar-refractivity contribution is 0.121. The zero-order valence-electron chi connectivity index (χ0n) is 12.2. The lowest BCUT2D eigenvalue weighted by Gasteiger charge is -2.38. The summed E-state index contributed by atoms with van der Waals surface area (Å²) in [4.78, 5) is 2.66. The fraction of sp³-hybridized carbons (Fsp3) is 0.647. The topological polar surface area (TPSA) is 3.24 Å². The number of hydrogen-bond donors (Lipinski definition) is 0. The van der Waals surface area contributed by atoms with Gasteiger partial charge in [-0.15, -0.1) is 0 Å². The molecule has 1 unspecified atom stereocenters. The molecule has 104 valence electrons. The zero-order valence-corrected chi connectivity index (χ0v) is 13.0. The van der Waals surface area contributed by atoms with Crippen LogP contribution in [0.15, 0.2) is 18.2 Å². The number of rotatable bonds is 2. The van der Waals surface area contributed by atoms with Gasteiger partial charge in [-0.05, 0) is 76.1 Å². The average Bonchev–Trinajstić information content (AvgIpc) is 3.03. The molecule has 19 heavy (non-hydrogen) atoms. The van der Waals surface area contributed by atoms with Crippen LogP contribution in [0.25, 0.3) is 0 Å². The highest BCUT2D eigenvalue weighted by Crippen LogP contribution is 2.49. The molecule has 1 aromatic rings. The maximum atomic E-state index is 6.49. The van der Waals surface area contributed by atoms with E-state index in [1.807, 2.05) is 0 Å². The second-order valence-corrected chi connectivity index (χ2v) is 7.45. The molecule has 2 heteroatoms. The van der Waals surface area contributed by atoms with E-state index in [9.17, 15) is 0 Å². The van der Waals surface area contributed by atoms with Gasteiger partial charge in [0.05, 0.1) is 0 Å². The molecule has 2 fully saturated rings. The first kappa shape index (κ1) is 13.5. The van der Waals surface area contributed by atoms with Crippen LogP contribution in [0.4, 0.5) is 0 Å². The Kier molecular flexibility index (Phi) is 3.39. The Bertz CT molecular complexity index is 471. The van der Waals surface area contributed by atoms with Crippen LogP contribution in [0.2, 0.25) is 5.02 Å². The minimum absolute atomic E-state index is 0.240. The van der Waals surface area contributed by atoms with Crippen LogP contribution < -0.4 is 0 Å². The molecule has 0 aromatic heterocycles. The molecule has 2 aliphatic rings. The zero-order chi connectivity index (χ0) is 13.6. The quantitative estimate of drug-likeness (QED) is 0.722. The van der Waals surface area contributed by atoms with Crippen molar-refractivity contribution in [3.63, 3.8) is 0 Å². The SMILES string of the molecule is CC(C)(C)N1CCCC1c1cccc(Cl)c1C1CC1. The minimum atomic E-state index is 0.240. The van der Waals surface area contributed by atoms with E-state index >= 15 is 0 Å². The summed E-state index contributed by atoms with van der Waals surface area (Å²) in [7, 11) is 0. The number of benzene rings is 1. The number of halogens is 1. The Morgan fingerprint density at radius 3 is 2.53 bits per heavy atom. The van der Waals surface area contributed by atoms with Crippen molar-refractivity contribution >= 4 is 11.6 Å². The molecule has 1 atom stereocenters. The van der Waals surface area contributed by atoms with E-state index in [-0.39, 0.29) is 5.54 Å². The molecule has 0 radical (unpaired) electrons. The average molecular weight is 278 g/mol. The molecule has 1 nitrogen and oxygen atoms in total. The van der Waals surface area contributed by atoms with E-state index in [1.165, 1.54) is 43.4 Å². The smallest absolute Gasteiger partial charge is 0.0444 e. The summed E-state index contributed by atoms with van der Waals surface area (Å²) in [6, 6.07) is 7.07. The van der Waals surface area contributed by atoms with E-state index in [4.69, 9.17) is 11.6 Å². The molecule has 1 aromatic carbocycles. The van der Waals surface area contributed by atoms with Crippen LogP contribution in [0.5, 0.6) is 0 Å². The van der Waals surface area contributed by atoms with Gasteiger partial charge in [-0.25, -0.2) is 0 Å². The molecule has 0 N–H and O–H groups in total. The molecule has 1 heterocycles. The van der Waals surface area contributed by atoms with Gasteiger partial charge in [0, 0.05) is 16.6 Å². The predicted molar refractivity (Wildman–Crippen MR) is 81.9 cm³/mol. The third kappa shape index (κ3) is 2.55. The second-order valence-electron chi connectivity index (χ2n) is 7.04. The molecular formula is C17H24ClN. The summed E-state index contributed by atoms with van der Waals surface area (Å²) in [6.45, 7) is 8.19. The predicted octanol–water partition coefficient (Wildman–Crippen LogP) is 5.15. The first-order valence-electron chi connectivity index (χ1n) is 7.53. The lowest BCUT2D eigenvalue weighted by atomic mass is 9.93. The van der Waals surface area contributed by atoms with E-state index in [0.29, 0.717) is 6.04 Å². The molecule has 0 amide bonds. The number of hydrogen-bond acceptors (Lipinski definition) is 1. The highest BCUT2D eigenvalue weighted by Gasteiger charge is 2.37. The summed E-state index contributed by atoms with van der Waals surface area (Å²) in [6.07, 6.45) is 5.22. The first-order valence-corrected chi connectivity index (χ1v) is 7.91. The third-order valence-electron chi connectivity index (χ3n) is 4.55. The van der Waals surface area contributed by atoms with Gasteiger partial charge in [0.2, 0.25) is 0 Å². The first-order chi connectivity index (χ1) is 8.98. The molecule has 1 saturated heterocycles. The van der Waals surface area contributed by atoms with Crippen LogP contribution in [0.1, 0.15) is 69.5 Å². The standard InChI is InChI=1S/C17H24ClN/c1-17(2,3)19-11-5-8-15(19)13-6-4-7-14(18)16(13)12-9-10-12/h4,6-7,12,15H,5,8-11H2,1-3H3. The second kappa shape index (κ2) is 4.79. The summed E-state index contributed by atoms with van der Waals surface area (Å²) in [5.74, 6) is 0.728. The Labute approximate surface area is 121 Å². The molecule has 1 saturated carbocycles. The van der Waals surface area contributed by atoms with Gasteiger partial charge < -0.3 is 0 Å². The maximum Gasteiger partial charge on any atom is 0.0444 e. The van der Waals surface area contributed by atoms with Crippen molar-refractivity contribution in [2.75, 3.05) is 6.54 Å². The van der Waals surface area contributed by atoms with Crippen molar-refractivity contribution in [2.24, 2.45) is 0 Å². The lowest BCUT2D eigenvalue weighted by Crippen LogP contribution is -2.40. The molecule has 3 rings (SSSR count). The summed E-state index contributed by atoms with van der Waals surface area (Å²) in [5, 5.41) is 0.987. The maximum absolute atomic E-state index is 6.49. The van der Waals surface area contributed by atoms with E-state index in [0.717, 1.165) is 10.9 Å². The van der Waals surface area contributed by atoms with E-state index < -0.39 is 0 Å². The Hall–Kier alpha value is -0.530. The van der Waals surface area contributed by atoms with Crippen molar-refractivity contribution < 1.29 is 0 Å². The number of nitrogens with zero attached hydrogens (tertiary/aromatic N) is 1. The highest BCUT2D eigenvalue weighted by molar-refractivity contribution is 6.31. The van der Waals surface area contributed by atoms with Gasteiger partial charge in [-0.2, -0.15) is 0 Å². The Morgan fingerprint density at radius 2 is 1.89 bits per heavy atom. The van der Waals surface area contributed by atoms with Gasteiger partial charge in [-0.3, -0.25) is 4.90 Å². The van der Waals surface area contributed by atoms with E-state index in [1.54, 1.807) is 0 Å². The van der Waals surface area contributed by atoms with Crippen molar-refractivity contribution in [2.45, 2.75) is 64.0 Å². The molecule has 0 bridgehead atoms. The van der Waals surface area contributed by atoms with Crippen molar-refractivity contribution in [3.8, 4) is 0 Å². The van der Waals surface area contributed by atoms with Gasteiger partial charge in [-0.1, -0.05) is 23.7 Å². The monoisotopic (exact) mass is 277 g/mol. The van der Waals surface area contributed by atoms with Crippen LogP contribution in [0.3, 0.4) is 0 Å². The van der Waals surface area contributed by atoms with Gasteiger partial charge in [0.25, 0.3) is 0 Å².